The highest BCUT2D eigenvalue weighted by Crippen LogP contribution is 2.14. The van der Waals surface area contributed by atoms with Crippen molar-refractivity contribution in [3.8, 4) is 5.69 Å². The Morgan fingerprint density at radius 2 is 2.04 bits per heavy atom. The predicted molar refractivity (Wildman–Crippen MR) is 85.9 cm³/mol. The Kier molecular flexibility index (Phi) is 4.98. The number of hydrogen-bond acceptors (Lipinski definition) is 6. The molecule has 0 fully saturated rings. The molecule has 1 aromatic heterocycles. The summed E-state index contributed by atoms with van der Waals surface area (Å²) in [6.07, 6.45) is 1.23. The first-order valence-corrected chi connectivity index (χ1v) is 8.68. The number of nitrogens with zero attached hydrogens (tertiary/aromatic N) is 3. The lowest BCUT2D eigenvalue weighted by Gasteiger charge is -2.09. The molecule has 0 saturated carbocycles. The minimum Gasteiger partial charge on any atom is -0.476 e. The fraction of sp³-hybridized carbons (Fsp3) is 0.286. The van der Waals surface area contributed by atoms with E-state index in [0.29, 0.717) is 11.4 Å². The Morgan fingerprint density at radius 1 is 1.33 bits per heavy atom. The molecule has 1 aromatic carbocycles. The number of benzene rings is 1. The molecule has 24 heavy (non-hydrogen) atoms. The lowest BCUT2D eigenvalue weighted by molar-refractivity contribution is -0.113. The Balaban J connectivity index is 2.15. The van der Waals surface area contributed by atoms with E-state index in [-0.39, 0.29) is 5.69 Å². The number of aromatic carboxylic acids is 1. The summed E-state index contributed by atoms with van der Waals surface area (Å²) < 4.78 is 24.7. The van der Waals surface area contributed by atoms with Crippen LogP contribution in [0.1, 0.15) is 24.3 Å². The molecule has 0 unspecified atom stereocenters. The van der Waals surface area contributed by atoms with E-state index < -0.39 is 32.7 Å². The standard InChI is InChI=1S/C14H16N4O5S/c1-9(2)24(22,23)8-13(19)15-10-4-3-5-11(6-10)18-7-12(14(20)21)16-17-18/h3-7,9H,8H2,1-2H3,(H,15,19)(H,20,21). The molecular formula is C14H16N4O5S. The molecule has 0 atom stereocenters. The highest BCUT2D eigenvalue weighted by molar-refractivity contribution is 7.92. The summed E-state index contributed by atoms with van der Waals surface area (Å²) in [7, 11) is -3.49. The number of carboxylic acids is 1. The van der Waals surface area contributed by atoms with Crippen LogP contribution in [-0.2, 0) is 14.6 Å². The fourth-order valence-corrected chi connectivity index (χ4v) is 2.53. The van der Waals surface area contributed by atoms with Gasteiger partial charge in [0.15, 0.2) is 15.5 Å². The van der Waals surface area contributed by atoms with Gasteiger partial charge in [-0.15, -0.1) is 5.10 Å². The van der Waals surface area contributed by atoms with Crippen LogP contribution in [0.2, 0.25) is 0 Å². The summed E-state index contributed by atoms with van der Waals surface area (Å²) >= 11 is 0. The number of aromatic nitrogens is 3. The number of carbonyl (C=O) groups excluding carboxylic acids is 1. The SMILES string of the molecule is CC(C)S(=O)(=O)CC(=O)Nc1cccc(-n2cc(C(=O)O)nn2)c1. The van der Waals surface area contributed by atoms with E-state index in [9.17, 15) is 18.0 Å². The molecule has 2 N–H and O–H groups in total. The molecule has 0 aliphatic rings. The van der Waals surface area contributed by atoms with Gasteiger partial charge in [0, 0.05) is 5.69 Å². The van der Waals surface area contributed by atoms with E-state index >= 15 is 0 Å². The summed E-state index contributed by atoms with van der Waals surface area (Å²) in [6.45, 7) is 3.02. The second kappa shape index (κ2) is 6.79. The number of carbonyl (C=O) groups is 2. The molecule has 0 saturated heterocycles. The lowest BCUT2D eigenvalue weighted by Crippen LogP contribution is -2.27. The van der Waals surface area contributed by atoms with E-state index in [1.54, 1.807) is 18.2 Å². The quantitative estimate of drug-likeness (QED) is 0.783. The molecular weight excluding hydrogens is 336 g/mol. The van der Waals surface area contributed by atoms with Crippen molar-refractivity contribution >= 4 is 27.4 Å². The maximum absolute atomic E-state index is 11.9. The lowest BCUT2D eigenvalue weighted by atomic mass is 10.2. The molecule has 9 nitrogen and oxygen atoms in total. The molecule has 0 aliphatic carbocycles. The maximum Gasteiger partial charge on any atom is 0.358 e. The Labute approximate surface area is 138 Å². The van der Waals surface area contributed by atoms with Gasteiger partial charge in [0.25, 0.3) is 0 Å². The van der Waals surface area contributed by atoms with Gasteiger partial charge < -0.3 is 10.4 Å². The summed E-state index contributed by atoms with van der Waals surface area (Å²) in [6, 6.07) is 6.36. The van der Waals surface area contributed by atoms with Gasteiger partial charge in [-0.1, -0.05) is 11.3 Å². The third-order valence-electron chi connectivity index (χ3n) is 3.16. The van der Waals surface area contributed by atoms with Gasteiger partial charge in [-0.3, -0.25) is 4.79 Å². The fourth-order valence-electron chi connectivity index (χ4n) is 1.76. The van der Waals surface area contributed by atoms with Crippen molar-refractivity contribution in [2.75, 3.05) is 11.1 Å². The van der Waals surface area contributed by atoms with Crippen molar-refractivity contribution in [3.05, 3.63) is 36.2 Å². The number of nitrogens with one attached hydrogen (secondary N) is 1. The van der Waals surface area contributed by atoms with Crippen molar-refractivity contribution in [1.29, 1.82) is 0 Å². The summed E-state index contributed by atoms with van der Waals surface area (Å²) in [5.41, 5.74) is 0.621. The number of carboxylic acid groups (broad SMARTS) is 1. The molecule has 2 aromatic rings. The topological polar surface area (TPSA) is 131 Å². The zero-order valence-corrected chi connectivity index (χ0v) is 13.8. The van der Waals surface area contributed by atoms with Crippen LogP contribution in [-0.4, -0.2) is 51.4 Å². The third kappa shape index (κ3) is 4.16. The van der Waals surface area contributed by atoms with Gasteiger partial charge in [0.2, 0.25) is 5.91 Å². The van der Waals surface area contributed by atoms with Gasteiger partial charge in [0.1, 0.15) is 5.75 Å². The molecule has 2 rings (SSSR count). The van der Waals surface area contributed by atoms with Crippen molar-refractivity contribution in [2.24, 2.45) is 0 Å². The van der Waals surface area contributed by atoms with Crippen LogP contribution in [0.15, 0.2) is 30.5 Å². The van der Waals surface area contributed by atoms with Crippen LogP contribution in [0.3, 0.4) is 0 Å². The van der Waals surface area contributed by atoms with Crippen LogP contribution >= 0.6 is 0 Å². The van der Waals surface area contributed by atoms with Gasteiger partial charge in [0.05, 0.1) is 17.1 Å². The highest BCUT2D eigenvalue weighted by Gasteiger charge is 2.20. The Bertz CT molecular complexity index is 873. The van der Waals surface area contributed by atoms with E-state index in [0.717, 1.165) is 0 Å². The van der Waals surface area contributed by atoms with E-state index in [2.05, 4.69) is 15.6 Å². The number of anilines is 1. The predicted octanol–water partition coefficient (Wildman–Crippen LogP) is 0.727. The van der Waals surface area contributed by atoms with Crippen LogP contribution in [0.4, 0.5) is 5.69 Å². The zero-order valence-electron chi connectivity index (χ0n) is 13.0. The molecule has 0 radical (unpaired) electrons. The molecule has 0 aliphatic heterocycles. The van der Waals surface area contributed by atoms with Crippen LogP contribution in [0, 0.1) is 0 Å². The van der Waals surface area contributed by atoms with Crippen LogP contribution in [0.25, 0.3) is 5.69 Å². The molecule has 0 bridgehead atoms. The zero-order chi connectivity index (χ0) is 17.9. The van der Waals surface area contributed by atoms with E-state index in [1.165, 1.54) is 30.8 Å². The largest absolute Gasteiger partial charge is 0.476 e. The minimum atomic E-state index is -3.49. The normalized spacial score (nSPS) is 11.5. The second-order valence-electron chi connectivity index (χ2n) is 5.31. The van der Waals surface area contributed by atoms with Gasteiger partial charge >= 0.3 is 5.97 Å². The number of hydrogen-bond donors (Lipinski definition) is 2. The minimum absolute atomic E-state index is 0.215. The van der Waals surface area contributed by atoms with Gasteiger partial charge in [-0.25, -0.2) is 17.9 Å². The van der Waals surface area contributed by atoms with Gasteiger partial charge in [-0.2, -0.15) is 0 Å². The van der Waals surface area contributed by atoms with E-state index in [1.807, 2.05) is 0 Å². The smallest absolute Gasteiger partial charge is 0.358 e. The molecule has 0 spiro atoms. The summed E-state index contributed by atoms with van der Waals surface area (Å²) in [4.78, 5) is 22.7. The first kappa shape index (κ1) is 17.6. The average molecular weight is 352 g/mol. The number of sulfone groups is 1. The second-order valence-corrected chi connectivity index (χ2v) is 7.87. The molecule has 10 heteroatoms. The van der Waals surface area contributed by atoms with Crippen molar-refractivity contribution < 1.29 is 23.1 Å². The molecule has 128 valence electrons. The van der Waals surface area contributed by atoms with Crippen molar-refractivity contribution in [2.45, 2.75) is 19.1 Å². The van der Waals surface area contributed by atoms with E-state index in [4.69, 9.17) is 5.11 Å². The van der Waals surface area contributed by atoms with Crippen LogP contribution in [0.5, 0.6) is 0 Å². The number of rotatable bonds is 6. The molecule has 1 amide bonds. The van der Waals surface area contributed by atoms with Crippen LogP contribution < -0.4 is 5.32 Å². The molecule has 1 heterocycles. The maximum atomic E-state index is 11.9. The first-order valence-electron chi connectivity index (χ1n) is 6.96. The first-order chi connectivity index (χ1) is 11.2. The van der Waals surface area contributed by atoms with Crippen molar-refractivity contribution in [1.82, 2.24) is 15.0 Å². The average Bonchev–Trinajstić information content (AvgIpc) is 2.96. The van der Waals surface area contributed by atoms with Gasteiger partial charge in [-0.05, 0) is 32.0 Å². The van der Waals surface area contributed by atoms with Crippen molar-refractivity contribution in [3.63, 3.8) is 0 Å². The summed E-state index contributed by atoms with van der Waals surface area (Å²) in [5.74, 6) is -2.46. The highest BCUT2D eigenvalue weighted by atomic mass is 32.2. The monoisotopic (exact) mass is 352 g/mol. The number of amides is 1. The third-order valence-corrected chi connectivity index (χ3v) is 5.26. The summed E-state index contributed by atoms with van der Waals surface area (Å²) in [5, 5.41) is 17.9. The Morgan fingerprint density at radius 3 is 2.62 bits per heavy atom. The Hall–Kier alpha value is -2.75.